The van der Waals surface area contributed by atoms with E-state index in [2.05, 4.69) is 16.0 Å². The smallest absolute Gasteiger partial charge is 0.291 e. The van der Waals surface area contributed by atoms with Gasteiger partial charge in [-0.2, -0.15) is 0 Å². The van der Waals surface area contributed by atoms with Gasteiger partial charge in [-0.25, -0.2) is 0 Å². The van der Waals surface area contributed by atoms with Gasteiger partial charge in [0.05, 0.1) is 19.8 Å². The molecule has 1 heterocycles. The molecule has 4 aromatic rings. The number of rotatable bonds is 6. The van der Waals surface area contributed by atoms with Gasteiger partial charge < -0.3 is 24.5 Å². The number of carbonyl (C=O) groups is 2. The molecule has 4 rings (SSSR count). The molecule has 0 fully saturated rings. The molecule has 8 nitrogen and oxygen atoms in total. The van der Waals surface area contributed by atoms with Crippen LogP contribution in [0.15, 0.2) is 77.2 Å². The molecule has 0 bridgehead atoms. The lowest BCUT2D eigenvalue weighted by Crippen LogP contribution is -2.34. The van der Waals surface area contributed by atoms with E-state index in [9.17, 15) is 9.59 Å². The second-order valence-electron chi connectivity index (χ2n) is 7.16. The maximum Gasteiger partial charge on any atom is 0.291 e. The molecule has 0 aliphatic rings. The Kier molecular flexibility index (Phi) is 6.74. The molecule has 0 unspecified atom stereocenters. The number of thiocarbonyl (C=S) groups is 1. The molecule has 0 spiro atoms. The fourth-order valence-corrected chi connectivity index (χ4v) is 3.49. The maximum absolute atomic E-state index is 12.6. The second kappa shape index (κ2) is 10.1. The van der Waals surface area contributed by atoms with E-state index in [1.54, 1.807) is 54.6 Å². The summed E-state index contributed by atoms with van der Waals surface area (Å²) in [6.07, 6.45) is 0. The predicted octanol–water partition coefficient (Wildman–Crippen LogP) is 4.83. The van der Waals surface area contributed by atoms with Crippen molar-refractivity contribution in [1.82, 2.24) is 5.32 Å². The van der Waals surface area contributed by atoms with Crippen LogP contribution in [-0.4, -0.2) is 31.1 Å². The van der Waals surface area contributed by atoms with Crippen LogP contribution in [0, 0.1) is 0 Å². The summed E-state index contributed by atoms with van der Waals surface area (Å²) in [5.74, 6) is 0.309. The summed E-state index contributed by atoms with van der Waals surface area (Å²) >= 11 is 5.27. The lowest BCUT2D eigenvalue weighted by atomic mass is 10.2. The molecule has 0 saturated heterocycles. The number of furan rings is 1. The van der Waals surface area contributed by atoms with E-state index >= 15 is 0 Å². The monoisotopic (exact) mass is 475 g/mol. The van der Waals surface area contributed by atoms with Crippen LogP contribution in [0.25, 0.3) is 11.0 Å². The summed E-state index contributed by atoms with van der Waals surface area (Å²) in [4.78, 5) is 25.2. The number of hydrogen-bond acceptors (Lipinski definition) is 6. The van der Waals surface area contributed by atoms with Crippen molar-refractivity contribution in [3.05, 3.63) is 84.1 Å². The van der Waals surface area contributed by atoms with E-state index in [0.717, 1.165) is 5.39 Å². The van der Waals surface area contributed by atoms with E-state index in [1.807, 2.05) is 18.2 Å². The molecular weight excluding hydrogens is 454 g/mol. The zero-order chi connectivity index (χ0) is 24.1. The summed E-state index contributed by atoms with van der Waals surface area (Å²) in [6, 6.07) is 20.8. The molecule has 3 aromatic carbocycles. The number of nitrogens with one attached hydrogen (secondary N) is 3. The number of hydrogen-bond donors (Lipinski definition) is 3. The first-order chi connectivity index (χ1) is 16.5. The van der Waals surface area contributed by atoms with Crippen LogP contribution in [0.4, 0.5) is 11.4 Å². The first-order valence-corrected chi connectivity index (χ1v) is 10.6. The van der Waals surface area contributed by atoms with Gasteiger partial charge in [0.2, 0.25) is 0 Å². The predicted molar refractivity (Wildman–Crippen MR) is 134 cm³/mol. The van der Waals surface area contributed by atoms with Crippen molar-refractivity contribution in [2.75, 3.05) is 24.9 Å². The van der Waals surface area contributed by atoms with E-state index in [-0.39, 0.29) is 16.8 Å². The van der Waals surface area contributed by atoms with E-state index < -0.39 is 5.91 Å². The fraction of sp³-hybridized carbons (Fsp3) is 0.0800. The highest BCUT2D eigenvalue weighted by atomic mass is 32.1. The van der Waals surface area contributed by atoms with Crippen molar-refractivity contribution in [3.8, 4) is 11.5 Å². The van der Waals surface area contributed by atoms with E-state index in [4.69, 9.17) is 26.1 Å². The summed E-state index contributed by atoms with van der Waals surface area (Å²) in [6.45, 7) is 0. The Morgan fingerprint density at radius 1 is 0.824 bits per heavy atom. The molecule has 0 atom stereocenters. The summed E-state index contributed by atoms with van der Waals surface area (Å²) in [5.41, 5.74) is 2.05. The Bertz CT molecular complexity index is 1350. The summed E-state index contributed by atoms with van der Waals surface area (Å²) in [5, 5.41) is 9.28. The lowest BCUT2D eigenvalue weighted by molar-refractivity contribution is 0.0972. The Hall–Kier alpha value is -4.37. The van der Waals surface area contributed by atoms with Crippen molar-refractivity contribution < 1.29 is 23.5 Å². The minimum Gasteiger partial charge on any atom is -0.497 e. The van der Waals surface area contributed by atoms with Crippen molar-refractivity contribution in [1.29, 1.82) is 0 Å². The second-order valence-corrected chi connectivity index (χ2v) is 7.57. The lowest BCUT2D eigenvalue weighted by Gasteiger charge is -2.13. The number of amides is 2. The Morgan fingerprint density at radius 3 is 2.32 bits per heavy atom. The zero-order valence-electron chi connectivity index (χ0n) is 18.4. The number of benzene rings is 3. The summed E-state index contributed by atoms with van der Waals surface area (Å²) in [7, 11) is 2.99. The highest BCUT2D eigenvalue weighted by Crippen LogP contribution is 2.25. The number of ether oxygens (including phenoxy) is 2. The van der Waals surface area contributed by atoms with Crippen molar-refractivity contribution in [2.24, 2.45) is 0 Å². The number of anilines is 2. The molecule has 0 aliphatic carbocycles. The number of para-hydroxylation sites is 1. The highest BCUT2D eigenvalue weighted by molar-refractivity contribution is 7.80. The minimum atomic E-state index is -0.439. The molecular formula is C25H21N3O5S. The van der Waals surface area contributed by atoms with Gasteiger partial charge in [0, 0.05) is 22.8 Å². The third-order valence-corrected chi connectivity index (χ3v) is 5.11. The Morgan fingerprint density at radius 2 is 1.59 bits per heavy atom. The van der Waals surface area contributed by atoms with Gasteiger partial charge in [-0.3, -0.25) is 14.9 Å². The molecule has 172 valence electrons. The first kappa shape index (κ1) is 22.8. The Balaban J connectivity index is 1.40. The van der Waals surface area contributed by atoms with Crippen molar-refractivity contribution in [2.45, 2.75) is 0 Å². The standard InChI is InChI=1S/C25H21N3O5S/c1-31-18-10-11-19(21(14-18)32-2)23(29)28-25(34)27-17-8-5-7-16(13-17)26-24(30)22-12-15-6-3-4-9-20(15)33-22/h3-14H,1-2H3,(H,26,30)(H2,27,28,29,34). The molecule has 34 heavy (non-hydrogen) atoms. The van der Waals surface area contributed by atoms with Gasteiger partial charge in [-0.1, -0.05) is 24.3 Å². The zero-order valence-corrected chi connectivity index (χ0v) is 19.2. The van der Waals surface area contributed by atoms with Gasteiger partial charge in [-0.15, -0.1) is 0 Å². The molecule has 3 N–H and O–H groups in total. The number of fused-ring (bicyclic) bond motifs is 1. The summed E-state index contributed by atoms with van der Waals surface area (Å²) < 4.78 is 16.0. The van der Waals surface area contributed by atoms with Crippen LogP contribution in [-0.2, 0) is 0 Å². The average molecular weight is 476 g/mol. The maximum atomic E-state index is 12.6. The molecule has 0 radical (unpaired) electrons. The van der Waals surface area contributed by atoms with E-state index in [0.29, 0.717) is 34.0 Å². The molecule has 2 amide bonds. The van der Waals surface area contributed by atoms with Crippen LogP contribution in [0.5, 0.6) is 11.5 Å². The first-order valence-electron chi connectivity index (χ1n) is 10.2. The van der Waals surface area contributed by atoms with Gasteiger partial charge >= 0.3 is 0 Å². The van der Waals surface area contributed by atoms with Crippen LogP contribution in [0.2, 0.25) is 0 Å². The third kappa shape index (κ3) is 5.16. The van der Waals surface area contributed by atoms with Crippen molar-refractivity contribution >= 4 is 51.5 Å². The van der Waals surface area contributed by atoms with Crippen LogP contribution < -0.4 is 25.4 Å². The fourth-order valence-electron chi connectivity index (χ4n) is 3.28. The van der Waals surface area contributed by atoms with Gasteiger partial charge in [0.15, 0.2) is 10.9 Å². The topological polar surface area (TPSA) is 102 Å². The molecule has 0 saturated carbocycles. The number of carbonyl (C=O) groups excluding carboxylic acids is 2. The van der Waals surface area contributed by atoms with Gasteiger partial charge in [0.1, 0.15) is 17.1 Å². The molecule has 0 aliphatic heterocycles. The van der Waals surface area contributed by atoms with E-state index in [1.165, 1.54) is 14.2 Å². The highest BCUT2D eigenvalue weighted by Gasteiger charge is 2.15. The molecule has 9 heteroatoms. The quantitative estimate of drug-likeness (QED) is 0.343. The minimum absolute atomic E-state index is 0.0867. The van der Waals surface area contributed by atoms with Crippen molar-refractivity contribution in [3.63, 3.8) is 0 Å². The third-order valence-electron chi connectivity index (χ3n) is 4.91. The van der Waals surface area contributed by atoms with Gasteiger partial charge in [-0.05, 0) is 54.7 Å². The van der Waals surface area contributed by atoms with Crippen LogP contribution in [0.1, 0.15) is 20.9 Å². The van der Waals surface area contributed by atoms with Crippen LogP contribution in [0.3, 0.4) is 0 Å². The van der Waals surface area contributed by atoms with Crippen LogP contribution >= 0.6 is 12.2 Å². The molecule has 1 aromatic heterocycles. The SMILES string of the molecule is COc1ccc(C(=O)NC(=S)Nc2cccc(NC(=O)c3cc4ccccc4o3)c2)c(OC)c1. The normalized spacial score (nSPS) is 10.4. The Labute approximate surface area is 200 Å². The largest absolute Gasteiger partial charge is 0.497 e. The number of methoxy groups -OCH3 is 2. The van der Waals surface area contributed by atoms with Gasteiger partial charge in [0.25, 0.3) is 11.8 Å². The average Bonchev–Trinajstić information content (AvgIpc) is 3.28.